The van der Waals surface area contributed by atoms with E-state index in [0.717, 1.165) is 31.9 Å². The third-order valence-electron chi connectivity index (χ3n) is 4.02. The second-order valence-electron chi connectivity index (χ2n) is 5.28. The summed E-state index contributed by atoms with van der Waals surface area (Å²) in [5.74, 6) is -0.186. The van der Waals surface area contributed by atoms with Crippen LogP contribution in [0, 0.1) is 5.82 Å². The van der Waals surface area contributed by atoms with Crippen LogP contribution < -0.4 is 15.5 Å². The van der Waals surface area contributed by atoms with Gasteiger partial charge in [-0.15, -0.1) is 0 Å². The van der Waals surface area contributed by atoms with Gasteiger partial charge in [0.05, 0.1) is 0 Å². The van der Waals surface area contributed by atoms with Crippen LogP contribution in [-0.2, 0) is 6.54 Å². The number of halogens is 1. The van der Waals surface area contributed by atoms with Crippen molar-refractivity contribution in [3.63, 3.8) is 0 Å². The maximum Gasteiger partial charge on any atom is 0.123 e. The second-order valence-corrected chi connectivity index (χ2v) is 5.28. The van der Waals surface area contributed by atoms with Crippen LogP contribution in [0.3, 0.4) is 0 Å². The Labute approximate surface area is 124 Å². The lowest BCUT2D eigenvalue weighted by Crippen LogP contribution is -2.46. The predicted molar refractivity (Wildman–Crippen MR) is 85.2 cm³/mol. The fraction of sp³-hybridized carbons (Fsp3) is 0.294. The minimum absolute atomic E-state index is 0.186. The van der Waals surface area contributed by atoms with E-state index in [-0.39, 0.29) is 5.82 Å². The smallest absolute Gasteiger partial charge is 0.123 e. The quantitative estimate of drug-likeness (QED) is 0.941. The molecule has 0 amide bonds. The summed E-state index contributed by atoms with van der Waals surface area (Å²) in [5.41, 5.74) is 9.33. The van der Waals surface area contributed by atoms with Crippen LogP contribution in [0.4, 0.5) is 15.8 Å². The average molecular weight is 285 g/mol. The summed E-state index contributed by atoms with van der Waals surface area (Å²) in [6.45, 7) is 4.34. The van der Waals surface area contributed by atoms with Crippen LogP contribution in [0.25, 0.3) is 0 Å². The van der Waals surface area contributed by atoms with E-state index in [9.17, 15) is 4.39 Å². The van der Waals surface area contributed by atoms with Crippen molar-refractivity contribution in [2.24, 2.45) is 5.73 Å². The minimum atomic E-state index is -0.186. The van der Waals surface area contributed by atoms with E-state index >= 15 is 0 Å². The first-order chi connectivity index (χ1) is 10.3. The molecule has 1 aliphatic heterocycles. The van der Waals surface area contributed by atoms with Gasteiger partial charge in [-0.2, -0.15) is 0 Å². The van der Waals surface area contributed by atoms with Crippen LogP contribution >= 0.6 is 0 Å². The second kappa shape index (κ2) is 6.14. The molecule has 4 heteroatoms. The van der Waals surface area contributed by atoms with Crippen molar-refractivity contribution in [3.8, 4) is 0 Å². The molecule has 2 aromatic carbocycles. The molecule has 0 saturated carbocycles. The van der Waals surface area contributed by atoms with E-state index in [1.54, 1.807) is 0 Å². The number of anilines is 2. The Balaban J connectivity index is 1.69. The molecule has 0 bridgehead atoms. The molecule has 3 nitrogen and oxygen atoms in total. The van der Waals surface area contributed by atoms with Crippen LogP contribution in [0.1, 0.15) is 5.56 Å². The minimum Gasteiger partial charge on any atom is -0.368 e. The zero-order valence-corrected chi connectivity index (χ0v) is 12.0. The molecule has 3 rings (SSSR count). The maximum atomic E-state index is 13.0. The molecule has 0 aromatic heterocycles. The predicted octanol–water partition coefficient (Wildman–Crippen LogP) is 2.61. The third kappa shape index (κ3) is 3.00. The molecular formula is C17H20FN3. The highest BCUT2D eigenvalue weighted by molar-refractivity contribution is 5.56. The van der Waals surface area contributed by atoms with Gasteiger partial charge in [-0.05, 0) is 35.9 Å². The van der Waals surface area contributed by atoms with Crippen molar-refractivity contribution in [2.75, 3.05) is 36.0 Å². The van der Waals surface area contributed by atoms with Gasteiger partial charge >= 0.3 is 0 Å². The topological polar surface area (TPSA) is 32.5 Å². The van der Waals surface area contributed by atoms with Crippen LogP contribution in [-0.4, -0.2) is 26.2 Å². The molecule has 0 atom stereocenters. The van der Waals surface area contributed by atoms with Gasteiger partial charge in [0.1, 0.15) is 5.82 Å². The average Bonchev–Trinajstić information content (AvgIpc) is 2.56. The summed E-state index contributed by atoms with van der Waals surface area (Å²) >= 11 is 0. The summed E-state index contributed by atoms with van der Waals surface area (Å²) in [6.07, 6.45) is 0. The number of nitrogens with two attached hydrogens (primary N) is 1. The van der Waals surface area contributed by atoms with E-state index in [1.807, 2.05) is 18.2 Å². The highest BCUT2D eigenvalue weighted by atomic mass is 19.1. The molecule has 2 aromatic rings. The first-order valence-electron chi connectivity index (χ1n) is 7.31. The van der Waals surface area contributed by atoms with Gasteiger partial charge in [-0.3, -0.25) is 0 Å². The van der Waals surface area contributed by atoms with Crippen molar-refractivity contribution < 1.29 is 4.39 Å². The van der Waals surface area contributed by atoms with E-state index in [1.165, 1.54) is 23.4 Å². The van der Waals surface area contributed by atoms with Crippen molar-refractivity contribution in [1.29, 1.82) is 0 Å². The maximum absolute atomic E-state index is 13.0. The number of benzene rings is 2. The zero-order valence-electron chi connectivity index (χ0n) is 12.0. The van der Waals surface area contributed by atoms with E-state index in [2.05, 4.69) is 28.0 Å². The summed E-state index contributed by atoms with van der Waals surface area (Å²) < 4.78 is 13.0. The molecule has 1 fully saturated rings. The summed E-state index contributed by atoms with van der Waals surface area (Å²) in [4.78, 5) is 4.67. The number of rotatable bonds is 3. The largest absolute Gasteiger partial charge is 0.368 e. The zero-order chi connectivity index (χ0) is 14.7. The van der Waals surface area contributed by atoms with Crippen molar-refractivity contribution in [3.05, 3.63) is 59.9 Å². The lowest BCUT2D eigenvalue weighted by atomic mass is 10.1. The molecule has 1 heterocycles. The van der Waals surface area contributed by atoms with Crippen LogP contribution in [0.5, 0.6) is 0 Å². The van der Waals surface area contributed by atoms with Gasteiger partial charge in [0, 0.05) is 44.1 Å². The molecule has 21 heavy (non-hydrogen) atoms. The number of nitrogens with zero attached hydrogens (tertiary/aromatic N) is 2. The molecule has 1 saturated heterocycles. The highest BCUT2D eigenvalue weighted by Crippen LogP contribution is 2.23. The Bertz CT molecular complexity index is 589. The van der Waals surface area contributed by atoms with E-state index in [4.69, 9.17) is 5.73 Å². The van der Waals surface area contributed by atoms with Crippen LogP contribution in [0.2, 0.25) is 0 Å². The third-order valence-corrected chi connectivity index (χ3v) is 4.02. The number of piperazine rings is 1. The summed E-state index contributed by atoms with van der Waals surface area (Å²) in [5, 5.41) is 0. The van der Waals surface area contributed by atoms with E-state index in [0.29, 0.717) is 6.54 Å². The van der Waals surface area contributed by atoms with Gasteiger partial charge in [0.2, 0.25) is 0 Å². The molecule has 110 valence electrons. The van der Waals surface area contributed by atoms with Crippen molar-refractivity contribution >= 4 is 11.4 Å². The lowest BCUT2D eigenvalue weighted by Gasteiger charge is -2.38. The van der Waals surface area contributed by atoms with Gasteiger partial charge < -0.3 is 15.5 Å². The Hall–Kier alpha value is -2.07. The van der Waals surface area contributed by atoms with E-state index < -0.39 is 0 Å². The van der Waals surface area contributed by atoms with Crippen molar-refractivity contribution in [1.82, 2.24) is 0 Å². The lowest BCUT2D eigenvalue weighted by molar-refractivity contribution is 0.624. The number of para-hydroxylation sites is 1. The first kappa shape index (κ1) is 13.9. The summed E-state index contributed by atoms with van der Waals surface area (Å²) in [6, 6.07) is 15.0. The Morgan fingerprint density at radius 2 is 1.48 bits per heavy atom. The summed E-state index contributed by atoms with van der Waals surface area (Å²) in [7, 11) is 0. The molecule has 0 spiro atoms. The molecular weight excluding hydrogens is 265 g/mol. The van der Waals surface area contributed by atoms with Crippen LogP contribution in [0.15, 0.2) is 48.5 Å². The Morgan fingerprint density at radius 3 is 2.14 bits per heavy atom. The van der Waals surface area contributed by atoms with Gasteiger partial charge in [-0.25, -0.2) is 4.39 Å². The highest BCUT2D eigenvalue weighted by Gasteiger charge is 2.18. The number of hydrogen-bond acceptors (Lipinski definition) is 3. The normalized spacial score (nSPS) is 15.3. The fourth-order valence-corrected chi connectivity index (χ4v) is 2.85. The molecule has 0 unspecified atom stereocenters. The molecule has 2 N–H and O–H groups in total. The first-order valence-corrected chi connectivity index (χ1v) is 7.31. The standard InChI is InChI=1S/C17H20FN3/c18-15-5-7-16(8-6-15)20-9-11-21(12-10-20)17-4-2-1-3-14(17)13-19/h1-8H,9-13,19H2. The molecule has 0 aliphatic carbocycles. The Kier molecular flexibility index (Phi) is 4.06. The van der Waals surface area contributed by atoms with Gasteiger partial charge in [0.15, 0.2) is 0 Å². The molecule has 0 radical (unpaired) electrons. The van der Waals surface area contributed by atoms with Crippen molar-refractivity contribution in [2.45, 2.75) is 6.54 Å². The van der Waals surface area contributed by atoms with Gasteiger partial charge in [0.25, 0.3) is 0 Å². The van der Waals surface area contributed by atoms with Gasteiger partial charge in [-0.1, -0.05) is 18.2 Å². The SMILES string of the molecule is NCc1ccccc1N1CCN(c2ccc(F)cc2)CC1. The molecule has 1 aliphatic rings. The Morgan fingerprint density at radius 1 is 0.857 bits per heavy atom. The number of hydrogen-bond donors (Lipinski definition) is 1. The monoisotopic (exact) mass is 285 g/mol. The fourth-order valence-electron chi connectivity index (χ4n) is 2.85.